The van der Waals surface area contributed by atoms with Gasteiger partial charge in [-0.05, 0) is 20.2 Å². The SMILES string of the molecule is CN(C)Cn1ccc(N)nc1=O.O. The van der Waals surface area contributed by atoms with E-state index in [-0.39, 0.29) is 17.0 Å². The van der Waals surface area contributed by atoms with Crippen molar-refractivity contribution in [1.82, 2.24) is 14.5 Å². The Hall–Kier alpha value is -1.40. The number of anilines is 1. The van der Waals surface area contributed by atoms with Gasteiger partial charge in [-0.3, -0.25) is 9.47 Å². The number of hydrogen-bond acceptors (Lipinski definition) is 4. The van der Waals surface area contributed by atoms with E-state index in [1.54, 1.807) is 12.3 Å². The van der Waals surface area contributed by atoms with Crippen LogP contribution in [0, 0.1) is 0 Å². The molecule has 0 unspecified atom stereocenters. The second-order valence-electron chi connectivity index (χ2n) is 2.83. The minimum Gasteiger partial charge on any atom is -0.412 e. The smallest absolute Gasteiger partial charge is 0.350 e. The number of nitrogens with two attached hydrogens (primary N) is 1. The lowest BCUT2D eigenvalue weighted by atomic mass is 10.6. The molecule has 0 aliphatic heterocycles. The molecule has 0 spiro atoms. The molecular weight excluding hydrogens is 172 g/mol. The Kier molecular flexibility index (Phi) is 4.09. The van der Waals surface area contributed by atoms with Crippen molar-refractivity contribution >= 4 is 5.82 Å². The van der Waals surface area contributed by atoms with Gasteiger partial charge < -0.3 is 11.2 Å². The molecule has 13 heavy (non-hydrogen) atoms. The maximum atomic E-state index is 11.1. The Morgan fingerprint density at radius 1 is 1.62 bits per heavy atom. The number of rotatable bonds is 2. The van der Waals surface area contributed by atoms with E-state index in [4.69, 9.17) is 5.73 Å². The highest BCUT2D eigenvalue weighted by Crippen LogP contribution is 1.89. The van der Waals surface area contributed by atoms with Gasteiger partial charge in [0.15, 0.2) is 0 Å². The van der Waals surface area contributed by atoms with Crippen molar-refractivity contribution in [2.24, 2.45) is 0 Å². The molecule has 0 aliphatic rings. The van der Waals surface area contributed by atoms with Gasteiger partial charge in [-0.2, -0.15) is 4.98 Å². The van der Waals surface area contributed by atoms with Crippen LogP contribution in [-0.2, 0) is 6.67 Å². The average molecular weight is 186 g/mol. The highest BCUT2D eigenvalue weighted by atomic mass is 16.1. The van der Waals surface area contributed by atoms with Crippen molar-refractivity contribution in [3.05, 3.63) is 22.7 Å². The van der Waals surface area contributed by atoms with Crippen molar-refractivity contribution in [3.8, 4) is 0 Å². The third-order valence-corrected chi connectivity index (χ3v) is 1.33. The molecule has 74 valence electrons. The molecule has 0 saturated carbocycles. The predicted octanol–water partition coefficient (Wildman–Crippen LogP) is -1.48. The first-order valence-electron chi connectivity index (χ1n) is 3.57. The van der Waals surface area contributed by atoms with Crippen molar-refractivity contribution in [3.63, 3.8) is 0 Å². The minimum atomic E-state index is -0.316. The molecule has 0 amide bonds. The molecule has 0 bridgehead atoms. The molecule has 0 aliphatic carbocycles. The van der Waals surface area contributed by atoms with Crippen LogP contribution in [0.25, 0.3) is 0 Å². The first-order valence-corrected chi connectivity index (χ1v) is 3.57. The quantitative estimate of drug-likeness (QED) is 0.609. The Labute approximate surface area is 75.9 Å². The van der Waals surface area contributed by atoms with E-state index >= 15 is 0 Å². The molecule has 1 aromatic rings. The molecule has 0 aromatic carbocycles. The molecule has 1 rings (SSSR count). The number of aromatic nitrogens is 2. The Bertz CT molecular complexity index is 321. The monoisotopic (exact) mass is 186 g/mol. The van der Waals surface area contributed by atoms with Crippen LogP contribution in [-0.4, -0.2) is 34.0 Å². The van der Waals surface area contributed by atoms with E-state index in [0.717, 1.165) is 0 Å². The van der Waals surface area contributed by atoms with Gasteiger partial charge in [-0.25, -0.2) is 4.79 Å². The van der Waals surface area contributed by atoms with E-state index in [9.17, 15) is 4.79 Å². The molecular formula is C7H14N4O2. The Balaban J connectivity index is 0.00000144. The molecule has 0 saturated heterocycles. The lowest BCUT2D eigenvalue weighted by Gasteiger charge is -2.10. The van der Waals surface area contributed by atoms with Gasteiger partial charge in [0, 0.05) is 6.20 Å². The highest BCUT2D eigenvalue weighted by Gasteiger charge is 1.97. The fourth-order valence-corrected chi connectivity index (χ4v) is 0.854. The second-order valence-corrected chi connectivity index (χ2v) is 2.83. The fraction of sp³-hybridized carbons (Fsp3) is 0.429. The zero-order chi connectivity index (χ0) is 9.14. The standard InChI is InChI=1S/C7H12N4O.H2O/c1-10(2)5-11-4-3-6(8)9-7(11)12;/h3-4H,5H2,1-2H3,(H2,8,9,12);1H2. The Morgan fingerprint density at radius 2 is 2.23 bits per heavy atom. The van der Waals surface area contributed by atoms with Crippen molar-refractivity contribution in [2.75, 3.05) is 19.8 Å². The number of nitrogen functional groups attached to an aromatic ring is 1. The first-order chi connectivity index (χ1) is 5.59. The average Bonchev–Trinajstić information content (AvgIpc) is 1.94. The number of hydrogen-bond donors (Lipinski definition) is 1. The maximum absolute atomic E-state index is 11.1. The van der Waals surface area contributed by atoms with Crippen LogP contribution >= 0.6 is 0 Å². The van der Waals surface area contributed by atoms with Gasteiger partial charge in [0.25, 0.3) is 0 Å². The summed E-state index contributed by atoms with van der Waals surface area (Å²) in [6.45, 7) is 0.520. The number of nitrogens with zero attached hydrogens (tertiary/aromatic N) is 3. The van der Waals surface area contributed by atoms with Crippen LogP contribution in [0.4, 0.5) is 5.82 Å². The van der Waals surface area contributed by atoms with E-state index in [1.165, 1.54) is 4.57 Å². The van der Waals surface area contributed by atoms with E-state index in [2.05, 4.69) is 4.98 Å². The summed E-state index contributed by atoms with van der Waals surface area (Å²) in [6.07, 6.45) is 1.63. The molecule has 1 heterocycles. The summed E-state index contributed by atoms with van der Waals surface area (Å²) in [5, 5.41) is 0. The third kappa shape index (κ3) is 3.22. The summed E-state index contributed by atoms with van der Waals surface area (Å²) >= 11 is 0. The van der Waals surface area contributed by atoms with Crippen LogP contribution in [0.3, 0.4) is 0 Å². The summed E-state index contributed by atoms with van der Waals surface area (Å²) in [6, 6.07) is 1.60. The van der Waals surface area contributed by atoms with E-state index < -0.39 is 0 Å². The minimum absolute atomic E-state index is 0. The van der Waals surface area contributed by atoms with Crippen LogP contribution in [0.15, 0.2) is 17.1 Å². The van der Waals surface area contributed by atoms with Gasteiger partial charge in [-0.1, -0.05) is 0 Å². The summed E-state index contributed by atoms with van der Waals surface area (Å²) in [5.74, 6) is 0.259. The molecule has 6 heteroatoms. The second kappa shape index (κ2) is 4.58. The summed E-state index contributed by atoms with van der Waals surface area (Å²) in [5.41, 5.74) is 5.00. The third-order valence-electron chi connectivity index (χ3n) is 1.33. The lowest BCUT2D eigenvalue weighted by Crippen LogP contribution is -2.29. The predicted molar refractivity (Wildman–Crippen MR) is 50.2 cm³/mol. The van der Waals surface area contributed by atoms with Crippen LogP contribution in [0.5, 0.6) is 0 Å². The lowest BCUT2D eigenvalue weighted by molar-refractivity contribution is 0.318. The van der Waals surface area contributed by atoms with Crippen molar-refractivity contribution in [1.29, 1.82) is 0 Å². The van der Waals surface area contributed by atoms with Gasteiger partial charge in [0.1, 0.15) is 5.82 Å². The molecule has 6 nitrogen and oxygen atoms in total. The normalized spacial score (nSPS) is 9.77. The summed E-state index contributed by atoms with van der Waals surface area (Å²) < 4.78 is 1.48. The molecule has 4 N–H and O–H groups in total. The van der Waals surface area contributed by atoms with Crippen LogP contribution in [0.2, 0.25) is 0 Å². The van der Waals surface area contributed by atoms with E-state index in [0.29, 0.717) is 6.67 Å². The summed E-state index contributed by atoms with van der Waals surface area (Å²) in [7, 11) is 3.76. The van der Waals surface area contributed by atoms with Gasteiger partial charge in [-0.15, -0.1) is 0 Å². The van der Waals surface area contributed by atoms with Gasteiger partial charge in [0.2, 0.25) is 0 Å². The maximum Gasteiger partial charge on any atom is 0.350 e. The molecule has 0 radical (unpaired) electrons. The molecule has 0 fully saturated rings. The Morgan fingerprint density at radius 3 is 2.69 bits per heavy atom. The fourth-order valence-electron chi connectivity index (χ4n) is 0.854. The largest absolute Gasteiger partial charge is 0.412 e. The zero-order valence-electron chi connectivity index (χ0n) is 7.69. The van der Waals surface area contributed by atoms with Crippen molar-refractivity contribution in [2.45, 2.75) is 6.67 Å². The molecule has 0 atom stereocenters. The van der Waals surface area contributed by atoms with Gasteiger partial charge in [0.05, 0.1) is 6.67 Å². The topological polar surface area (TPSA) is 95.7 Å². The van der Waals surface area contributed by atoms with Gasteiger partial charge >= 0.3 is 5.69 Å². The molecule has 1 aromatic heterocycles. The first kappa shape index (κ1) is 11.6. The van der Waals surface area contributed by atoms with Crippen LogP contribution < -0.4 is 11.4 Å². The highest BCUT2D eigenvalue weighted by molar-refractivity contribution is 5.23. The van der Waals surface area contributed by atoms with Crippen molar-refractivity contribution < 1.29 is 5.48 Å². The van der Waals surface area contributed by atoms with Crippen LogP contribution in [0.1, 0.15) is 0 Å². The summed E-state index contributed by atoms with van der Waals surface area (Å²) in [4.78, 5) is 16.6. The zero-order valence-corrected chi connectivity index (χ0v) is 7.69. The van der Waals surface area contributed by atoms with E-state index in [1.807, 2.05) is 19.0 Å².